The van der Waals surface area contributed by atoms with E-state index in [-0.39, 0.29) is 6.09 Å². The normalized spacial score (nSPS) is 10.4. The molecule has 0 aliphatic heterocycles. The van der Waals surface area contributed by atoms with Gasteiger partial charge in [-0.25, -0.2) is 4.79 Å². The van der Waals surface area contributed by atoms with Gasteiger partial charge in [-0.2, -0.15) is 0 Å². The van der Waals surface area contributed by atoms with E-state index in [4.69, 9.17) is 9.47 Å². The van der Waals surface area contributed by atoms with Crippen LogP contribution in [0.3, 0.4) is 0 Å². The molecule has 0 bridgehead atoms. The Morgan fingerprint density at radius 1 is 1.38 bits per heavy atom. The molecule has 0 radical (unpaired) electrons. The third-order valence-electron chi connectivity index (χ3n) is 2.36. The van der Waals surface area contributed by atoms with E-state index in [1.165, 1.54) is 4.57 Å². The van der Waals surface area contributed by atoms with E-state index in [0.29, 0.717) is 6.61 Å². The summed E-state index contributed by atoms with van der Waals surface area (Å²) < 4.78 is 11.5. The fourth-order valence-electron chi connectivity index (χ4n) is 1.59. The van der Waals surface area contributed by atoms with E-state index >= 15 is 0 Å². The molecule has 0 unspecified atom stereocenters. The summed E-state index contributed by atoms with van der Waals surface area (Å²) in [4.78, 5) is 11.6. The maximum atomic E-state index is 11.6. The summed E-state index contributed by atoms with van der Waals surface area (Å²) in [5.74, 6) is 0.719. The lowest BCUT2D eigenvalue weighted by Crippen LogP contribution is -2.11. The Balaban J connectivity index is 2.49. The largest absolute Gasteiger partial charge is 0.497 e. The van der Waals surface area contributed by atoms with Crippen LogP contribution in [0.25, 0.3) is 10.9 Å². The van der Waals surface area contributed by atoms with Gasteiger partial charge in [-0.05, 0) is 25.1 Å². The fourth-order valence-corrected chi connectivity index (χ4v) is 1.59. The minimum Gasteiger partial charge on any atom is -0.497 e. The zero-order valence-electron chi connectivity index (χ0n) is 9.27. The molecule has 0 spiro atoms. The highest BCUT2D eigenvalue weighted by Gasteiger charge is 2.09. The van der Waals surface area contributed by atoms with Gasteiger partial charge >= 0.3 is 6.09 Å². The first kappa shape index (κ1) is 10.5. The number of rotatable bonds is 2. The number of methoxy groups -OCH3 is 1. The molecule has 1 aromatic heterocycles. The third-order valence-corrected chi connectivity index (χ3v) is 2.36. The highest BCUT2D eigenvalue weighted by atomic mass is 16.5. The van der Waals surface area contributed by atoms with Crippen molar-refractivity contribution in [2.45, 2.75) is 6.92 Å². The number of hydrogen-bond donors (Lipinski definition) is 0. The minimum atomic E-state index is -0.370. The molecule has 2 aromatic rings. The van der Waals surface area contributed by atoms with Gasteiger partial charge in [0.05, 0.1) is 19.2 Å². The van der Waals surface area contributed by atoms with E-state index < -0.39 is 0 Å². The number of fused-ring (bicyclic) bond motifs is 1. The number of carbonyl (C=O) groups is 1. The molecule has 0 amide bonds. The summed E-state index contributed by atoms with van der Waals surface area (Å²) in [6.07, 6.45) is 1.33. The Hall–Kier alpha value is -1.97. The van der Waals surface area contributed by atoms with E-state index in [2.05, 4.69) is 0 Å². The van der Waals surface area contributed by atoms with Crippen LogP contribution in [0.15, 0.2) is 30.5 Å². The Morgan fingerprint density at radius 2 is 2.19 bits per heavy atom. The predicted molar refractivity (Wildman–Crippen MR) is 60.9 cm³/mol. The van der Waals surface area contributed by atoms with Gasteiger partial charge in [0.2, 0.25) is 0 Å². The Kier molecular flexibility index (Phi) is 2.81. The maximum absolute atomic E-state index is 11.6. The minimum absolute atomic E-state index is 0.364. The highest BCUT2D eigenvalue weighted by molar-refractivity contribution is 5.90. The number of benzene rings is 1. The van der Waals surface area contributed by atoms with Crippen molar-refractivity contribution in [1.82, 2.24) is 4.57 Å². The maximum Gasteiger partial charge on any atom is 0.418 e. The van der Waals surface area contributed by atoms with Gasteiger partial charge in [-0.1, -0.05) is 0 Å². The van der Waals surface area contributed by atoms with Crippen molar-refractivity contribution in [2.75, 3.05) is 13.7 Å². The molecule has 2 rings (SSSR count). The van der Waals surface area contributed by atoms with Gasteiger partial charge < -0.3 is 9.47 Å². The second-order valence-corrected chi connectivity index (χ2v) is 3.31. The first-order valence-electron chi connectivity index (χ1n) is 5.08. The average molecular weight is 219 g/mol. The molecular weight excluding hydrogens is 206 g/mol. The third kappa shape index (κ3) is 1.74. The lowest BCUT2D eigenvalue weighted by atomic mass is 10.2. The van der Waals surface area contributed by atoms with Crippen LogP contribution in [0.5, 0.6) is 5.75 Å². The van der Waals surface area contributed by atoms with Gasteiger partial charge in [0.1, 0.15) is 5.75 Å². The van der Waals surface area contributed by atoms with Gasteiger partial charge in [-0.15, -0.1) is 0 Å². The molecule has 0 saturated carbocycles. The number of ether oxygens (including phenoxy) is 2. The van der Waals surface area contributed by atoms with Crippen molar-refractivity contribution in [2.24, 2.45) is 0 Å². The van der Waals surface area contributed by atoms with Crippen molar-refractivity contribution in [3.05, 3.63) is 30.5 Å². The van der Waals surface area contributed by atoms with Crippen LogP contribution in [-0.4, -0.2) is 24.4 Å². The van der Waals surface area contributed by atoms with Crippen LogP contribution >= 0.6 is 0 Å². The number of nitrogens with zero attached hydrogens (tertiary/aromatic N) is 1. The molecule has 0 atom stereocenters. The zero-order chi connectivity index (χ0) is 11.5. The molecule has 0 aliphatic carbocycles. The van der Waals surface area contributed by atoms with Crippen LogP contribution in [0.2, 0.25) is 0 Å². The average Bonchev–Trinajstić information content (AvgIpc) is 2.71. The quantitative estimate of drug-likeness (QED) is 0.779. The molecule has 0 aliphatic rings. The number of hydrogen-bond acceptors (Lipinski definition) is 3. The lowest BCUT2D eigenvalue weighted by molar-refractivity contribution is 0.155. The van der Waals surface area contributed by atoms with E-state index in [1.807, 2.05) is 24.3 Å². The first-order valence-corrected chi connectivity index (χ1v) is 5.08. The van der Waals surface area contributed by atoms with Gasteiger partial charge in [-0.3, -0.25) is 4.57 Å². The standard InChI is InChI=1S/C12H13NO3/c1-3-16-12(14)13-7-6-9-4-5-10(15-2)8-11(9)13/h4-8H,3H2,1-2H3. The van der Waals surface area contributed by atoms with Crippen LogP contribution in [-0.2, 0) is 4.74 Å². The molecule has 4 nitrogen and oxygen atoms in total. The molecule has 0 fully saturated rings. The molecule has 0 N–H and O–H groups in total. The summed E-state index contributed by atoms with van der Waals surface area (Å²) in [5.41, 5.74) is 0.790. The fraction of sp³-hybridized carbons (Fsp3) is 0.250. The summed E-state index contributed by atoms with van der Waals surface area (Å²) >= 11 is 0. The van der Waals surface area contributed by atoms with Crippen molar-refractivity contribution >= 4 is 17.0 Å². The summed E-state index contributed by atoms with van der Waals surface area (Å²) in [6, 6.07) is 7.44. The van der Waals surface area contributed by atoms with Crippen molar-refractivity contribution in [3.8, 4) is 5.75 Å². The van der Waals surface area contributed by atoms with Crippen LogP contribution < -0.4 is 4.74 Å². The van der Waals surface area contributed by atoms with Gasteiger partial charge in [0.25, 0.3) is 0 Å². The predicted octanol–water partition coefficient (Wildman–Crippen LogP) is 2.65. The molecule has 84 valence electrons. The van der Waals surface area contributed by atoms with Crippen molar-refractivity contribution < 1.29 is 14.3 Å². The van der Waals surface area contributed by atoms with Crippen LogP contribution in [0.4, 0.5) is 4.79 Å². The second kappa shape index (κ2) is 4.26. The topological polar surface area (TPSA) is 40.5 Å². The Labute approximate surface area is 93.4 Å². The second-order valence-electron chi connectivity index (χ2n) is 3.31. The molecule has 4 heteroatoms. The number of aromatic nitrogens is 1. The summed E-state index contributed by atoms with van der Waals surface area (Å²) in [5, 5.41) is 0.980. The van der Waals surface area contributed by atoms with Gasteiger partial charge in [0, 0.05) is 17.6 Å². The Bertz CT molecular complexity index is 516. The number of carbonyl (C=O) groups excluding carboxylic acids is 1. The van der Waals surface area contributed by atoms with E-state index in [9.17, 15) is 4.79 Å². The van der Waals surface area contributed by atoms with Crippen LogP contribution in [0, 0.1) is 0 Å². The molecular formula is C12H13NO3. The lowest BCUT2D eigenvalue weighted by Gasteiger charge is -2.05. The van der Waals surface area contributed by atoms with Crippen LogP contribution in [0.1, 0.15) is 6.92 Å². The highest BCUT2D eigenvalue weighted by Crippen LogP contribution is 2.21. The van der Waals surface area contributed by atoms with Gasteiger partial charge in [0.15, 0.2) is 0 Å². The van der Waals surface area contributed by atoms with E-state index in [0.717, 1.165) is 16.7 Å². The first-order chi connectivity index (χ1) is 7.76. The molecule has 1 aromatic carbocycles. The molecule has 1 heterocycles. The Morgan fingerprint density at radius 3 is 2.88 bits per heavy atom. The molecule has 16 heavy (non-hydrogen) atoms. The molecule has 0 saturated heterocycles. The monoisotopic (exact) mass is 219 g/mol. The summed E-state index contributed by atoms with van der Waals surface area (Å²) in [6.45, 7) is 2.15. The van der Waals surface area contributed by atoms with Crippen molar-refractivity contribution in [1.29, 1.82) is 0 Å². The SMILES string of the molecule is CCOC(=O)n1ccc2ccc(OC)cc21. The van der Waals surface area contributed by atoms with E-state index in [1.54, 1.807) is 20.2 Å². The summed E-state index contributed by atoms with van der Waals surface area (Å²) in [7, 11) is 1.60. The smallest absolute Gasteiger partial charge is 0.418 e. The zero-order valence-corrected chi connectivity index (χ0v) is 9.27. The van der Waals surface area contributed by atoms with Crippen molar-refractivity contribution in [3.63, 3.8) is 0 Å².